The van der Waals surface area contributed by atoms with Gasteiger partial charge in [0, 0.05) is 38.3 Å². The number of unbranched alkanes of at least 4 members (excludes halogenated alkanes) is 5. The van der Waals surface area contributed by atoms with Crippen LogP contribution in [-0.2, 0) is 9.53 Å². The molecule has 0 bridgehead atoms. The fraction of sp³-hybridized carbons (Fsp3) is 0.517. The quantitative estimate of drug-likeness (QED) is 0.170. The van der Waals surface area contributed by atoms with Crippen molar-refractivity contribution in [1.29, 1.82) is 0 Å². The lowest BCUT2D eigenvalue weighted by Gasteiger charge is -2.36. The molecule has 1 saturated heterocycles. The van der Waals surface area contributed by atoms with Crippen molar-refractivity contribution in [3.8, 4) is 0 Å². The fourth-order valence-corrected chi connectivity index (χ4v) is 4.19. The molecule has 0 aromatic heterocycles. The number of ether oxygens (including phenoxy) is 1. The normalized spacial score (nSPS) is 13.8. The zero-order valence-corrected chi connectivity index (χ0v) is 21.8. The highest BCUT2D eigenvalue weighted by molar-refractivity contribution is 5.89. The summed E-state index contributed by atoms with van der Waals surface area (Å²) in [6.45, 7) is 8.00. The summed E-state index contributed by atoms with van der Waals surface area (Å²) in [7, 11) is 0. The number of rotatable bonds is 13. The first-order chi connectivity index (χ1) is 17.6. The molecular formula is C29H40N4O3. The minimum absolute atomic E-state index is 0.284. The predicted octanol–water partition coefficient (Wildman–Crippen LogP) is 7.07. The van der Waals surface area contributed by atoms with Gasteiger partial charge < -0.3 is 14.5 Å². The maximum atomic E-state index is 12.3. The van der Waals surface area contributed by atoms with Gasteiger partial charge in [-0.05, 0) is 61.4 Å². The van der Waals surface area contributed by atoms with Gasteiger partial charge in [0.05, 0.1) is 23.5 Å². The Morgan fingerprint density at radius 3 is 1.94 bits per heavy atom. The second-order valence-corrected chi connectivity index (χ2v) is 9.28. The summed E-state index contributed by atoms with van der Waals surface area (Å²) in [5.74, 6) is -0.0153. The van der Waals surface area contributed by atoms with Crippen LogP contribution in [0.1, 0.15) is 75.6 Å². The second-order valence-electron chi connectivity index (χ2n) is 9.28. The van der Waals surface area contributed by atoms with E-state index >= 15 is 0 Å². The molecule has 0 aliphatic carbocycles. The molecule has 0 atom stereocenters. The van der Waals surface area contributed by atoms with Crippen LogP contribution in [0.15, 0.2) is 58.8 Å². The molecule has 2 aromatic rings. The minimum atomic E-state index is -0.299. The zero-order valence-electron chi connectivity index (χ0n) is 21.8. The lowest BCUT2D eigenvalue weighted by Crippen LogP contribution is -2.48. The molecule has 7 nitrogen and oxygen atoms in total. The number of carbonyl (C=O) groups excluding carboxylic acids is 2. The molecule has 3 rings (SSSR count). The average molecular weight is 493 g/mol. The second kappa shape index (κ2) is 15.0. The van der Waals surface area contributed by atoms with Gasteiger partial charge in [0.25, 0.3) is 0 Å². The van der Waals surface area contributed by atoms with Gasteiger partial charge in [-0.1, -0.05) is 46.0 Å². The van der Waals surface area contributed by atoms with Gasteiger partial charge in [-0.25, -0.2) is 4.79 Å². The highest BCUT2D eigenvalue weighted by Gasteiger charge is 2.20. The number of azo groups is 1. The molecule has 0 spiro atoms. The van der Waals surface area contributed by atoms with Gasteiger partial charge in [-0.2, -0.15) is 10.2 Å². The van der Waals surface area contributed by atoms with Crippen LogP contribution in [0.5, 0.6) is 0 Å². The molecule has 1 fully saturated rings. The number of esters is 1. The molecule has 1 heterocycles. The Kier molecular flexibility index (Phi) is 11.4. The third kappa shape index (κ3) is 8.77. The topological polar surface area (TPSA) is 74.6 Å². The number of hydrogen-bond donors (Lipinski definition) is 0. The Hall–Kier alpha value is -3.22. The number of amides is 1. The summed E-state index contributed by atoms with van der Waals surface area (Å²) in [4.78, 5) is 28.8. The Morgan fingerprint density at radius 2 is 1.33 bits per heavy atom. The summed E-state index contributed by atoms with van der Waals surface area (Å²) in [5.41, 5.74) is 3.10. The van der Waals surface area contributed by atoms with Gasteiger partial charge in [0.2, 0.25) is 5.91 Å². The molecule has 0 unspecified atom stereocenters. The van der Waals surface area contributed by atoms with Crippen LogP contribution in [0.2, 0.25) is 0 Å². The Labute approximate surface area is 215 Å². The SMILES string of the molecule is CCCCCCOC(=O)c1ccc(N=Nc2ccc(N3CCN(C(=O)CCCCC)CC3)cc2)cc1. The Bertz CT molecular complexity index is 965. The van der Waals surface area contributed by atoms with Crippen LogP contribution < -0.4 is 4.90 Å². The first-order valence-electron chi connectivity index (χ1n) is 13.4. The van der Waals surface area contributed by atoms with Crippen molar-refractivity contribution in [2.75, 3.05) is 37.7 Å². The van der Waals surface area contributed by atoms with E-state index in [1.807, 2.05) is 29.2 Å². The van der Waals surface area contributed by atoms with Gasteiger partial charge in [-0.15, -0.1) is 0 Å². The first kappa shape index (κ1) is 27.4. The highest BCUT2D eigenvalue weighted by Crippen LogP contribution is 2.24. The standard InChI is InChI=1S/C29H40N4O3/c1-3-5-7-9-23-36-29(35)24-11-13-25(14-12-24)30-31-26-15-17-27(18-16-26)32-19-21-33(22-20-32)28(34)10-8-6-4-2/h11-18H,3-10,19-23H2,1-2H3. The number of anilines is 1. The van der Waals surface area contributed by atoms with Crippen molar-refractivity contribution in [1.82, 2.24) is 4.90 Å². The highest BCUT2D eigenvalue weighted by atomic mass is 16.5. The zero-order chi connectivity index (χ0) is 25.6. The molecule has 194 valence electrons. The van der Waals surface area contributed by atoms with Crippen LogP contribution in [-0.4, -0.2) is 49.6 Å². The van der Waals surface area contributed by atoms with E-state index in [0.29, 0.717) is 24.3 Å². The van der Waals surface area contributed by atoms with Crippen molar-refractivity contribution in [2.24, 2.45) is 10.2 Å². The van der Waals surface area contributed by atoms with Gasteiger partial charge in [0.15, 0.2) is 0 Å². The maximum absolute atomic E-state index is 12.3. The summed E-state index contributed by atoms with van der Waals surface area (Å²) in [6, 6.07) is 15.0. The van der Waals surface area contributed by atoms with Crippen molar-refractivity contribution >= 4 is 28.9 Å². The first-order valence-corrected chi connectivity index (χ1v) is 13.4. The molecule has 1 aliphatic heterocycles. The summed E-state index contributed by atoms with van der Waals surface area (Å²) in [5, 5.41) is 8.61. The lowest BCUT2D eigenvalue weighted by atomic mass is 10.1. The Morgan fingerprint density at radius 1 is 0.750 bits per heavy atom. The maximum Gasteiger partial charge on any atom is 0.338 e. The third-order valence-electron chi connectivity index (χ3n) is 6.46. The number of piperazine rings is 1. The van der Waals surface area contributed by atoms with Crippen molar-refractivity contribution in [2.45, 2.75) is 65.2 Å². The van der Waals surface area contributed by atoms with E-state index in [2.05, 4.69) is 29.0 Å². The van der Waals surface area contributed by atoms with Crippen LogP contribution in [0, 0.1) is 0 Å². The fourth-order valence-electron chi connectivity index (χ4n) is 4.19. The van der Waals surface area contributed by atoms with Crippen molar-refractivity contribution < 1.29 is 14.3 Å². The monoisotopic (exact) mass is 492 g/mol. The molecule has 7 heteroatoms. The van der Waals surface area contributed by atoms with Gasteiger partial charge in [-0.3, -0.25) is 4.79 Å². The smallest absolute Gasteiger partial charge is 0.338 e. The minimum Gasteiger partial charge on any atom is -0.462 e. The van der Waals surface area contributed by atoms with E-state index in [-0.39, 0.29) is 11.9 Å². The van der Waals surface area contributed by atoms with E-state index in [1.165, 1.54) is 6.42 Å². The van der Waals surface area contributed by atoms with E-state index < -0.39 is 0 Å². The van der Waals surface area contributed by atoms with E-state index in [1.54, 1.807) is 24.3 Å². The van der Waals surface area contributed by atoms with Crippen LogP contribution in [0.25, 0.3) is 0 Å². The molecule has 0 radical (unpaired) electrons. The van der Waals surface area contributed by atoms with Crippen LogP contribution >= 0.6 is 0 Å². The van der Waals surface area contributed by atoms with Crippen molar-refractivity contribution in [3.63, 3.8) is 0 Å². The average Bonchev–Trinajstić information content (AvgIpc) is 2.92. The molecule has 1 amide bonds. The van der Waals surface area contributed by atoms with Crippen LogP contribution in [0.4, 0.5) is 17.1 Å². The van der Waals surface area contributed by atoms with Gasteiger partial charge >= 0.3 is 5.97 Å². The number of nitrogens with zero attached hydrogens (tertiary/aromatic N) is 4. The predicted molar refractivity (Wildman–Crippen MR) is 144 cm³/mol. The number of hydrogen-bond acceptors (Lipinski definition) is 6. The Balaban J connectivity index is 1.44. The third-order valence-corrected chi connectivity index (χ3v) is 6.46. The molecule has 1 aliphatic rings. The van der Waals surface area contributed by atoms with E-state index in [9.17, 15) is 9.59 Å². The lowest BCUT2D eigenvalue weighted by molar-refractivity contribution is -0.131. The van der Waals surface area contributed by atoms with Gasteiger partial charge in [0.1, 0.15) is 0 Å². The summed E-state index contributed by atoms with van der Waals surface area (Å²) in [6.07, 6.45) is 8.22. The molecule has 36 heavy (non-hydrogen) atoms. The van der Waals surface area contributed by atoms with Crippen molar-refractivity contribution in [3.05, 3.63) is 54.1 Å². The summed E-state index contributed by atoms with van der Waals surface area (Å²) < 4.78 is 5.33. The molecule has 0 N–H and O–H groups in total. The van der Waals surface area contributed by atoms with E-state index in [4.69, 9.17) is 4.74 Å². The summed E-state index contributed by atoms with van der Waals surface area (Å²) >= 11 is 0. The largest absolute Gasteiger partial charge is 0.462 e. The van der Waals surface area contributed by atoms with Crippen LogP contribution in [0.3, 0.4) is 0 Å². The molecule has 2 aromatic carbocycles. The number of benzene rings is 2. The molecular weight excluding hydrogens is 452 g/mol. The van der Waals surface area contributed by atoms with E-state index in [0.717, 1.165) is 76.1 Å². The molecule has 0 saturated carbocycles. The number of carbonyl (C=O) groups is 2.